The topological polar surface area (TPSA) is 59.6 Å². The molecule has 5 heteroatoms. The van der Waals surface area contributed by atoms with Crippen LogP contribution in [-0.2, 0) is 11.2 Å². The minimum absolute atomic E-state index is 0.0958. The Bertz CT molecular complexity index is 471. The molecule has 1 saturated heterocycles. The highest BCUT2D eigenvalue weighted by molar-refractivity contribution is 5.76. The summed E-state index contributed by atoms with van der Waals surface area (Å²) >= 11 is 0. The van der Waals surface area contributed by atoms with Crippen LogP contribution < -0.4 is 20.1 Å². The van der Waals surface area contributed by atoms with E-state index in [-0.39, 0.29) is 5.91 Å². The average molecular weight is 292 g/mol. The lowest BCUT2D eigenvalue weighted by atomic mass is 10.1. The molecule has 1 aromatic carbocycles. The molecule has 0 spiro atoms. The second-order valence-electron chi connectivity index (χ2n) is 5.29. The molecule has 0 radical (unpaired) electrons. The van der Waals surface area contributed by atoms with Crippen LogP contribution in [0.25, 0.3) is 0 Å². The van der Waals surface area contributed by atoms with E-state index in [1.165, 1.54) is 6.42 Å². The number of ether oxygens (including phenoxy) is 2. The van der Waals surface area contributed by atoms with Crippen molar-refractivity contribution >= 4 is 5.91 Å². The predicted molar refractivity (Wildman–Crippen MR) is 81.9 cm³/mol. The maximum Gasteiger partial charge on any atom is 0.220 e. The van der Waals surface area contributed by atoms with Gasteiger partial charge < -0.3 is 20.1 Å². The van der Waals surface area contributed by atoms with E-state index >= 15 is 0 Å². The monoisotopic (exact) mass is 292 g/mol. The Morgan fingerprint density at radius 1 is 1.33 bits per heavy atom. The number of hydrogen-bond donors (Lipinski definition) is 2. The van der Waals surface area contributed by atoms with Crippen molar-refractivity contribution in [3.05, 3.63) is 23.8 Å². The SMILES string of the molecule is COc1ccc(CCC(=O)NCC2CCCN2)cc1OC. The van der Waals surface area contributed by atoms with E-state index < -0.39 is 0 Å². The minimum atomic E-state index is 0.0958. The van der Waals surface area contributed by atoms with Crippen LogP contribution in [0.4, 0.5) is 0 Å². The molecule has 1 aliphatic heterocycles. The van der Waals surface area contributed by atoms with Gasteiger partial charge in [-0.3, -0.25) is 4.79 Å². The van der Waals surface area contributed by atoms with Crippen molar-refractivity contribution in [2.75, 3.05) is 27.3 Å². The average Bonchev–Trinajstić information content (AvgIpc) is 3.04. The fraction of sp³-hybridized carbons (Fsp3) is 0.562. The third-order valence-corrected chi connectivity index (χ3v) is 3.80. The Kier molecular flexibility index (Phi) is 5.87. The van der Waals surface area contributed by atoms with E-state index in [9.17, 15) is 4.79 Å². The number of carbonyl (C=O) groups is 1. The number of carbonyl (C=O) groups excluding carboxylic acids is 1. The van der Waals surface area contributed by atoms with Crippen LogP contribution >= 0.6 is 0 Å². The first-order valence-electron chi connectivity index (χ1n) is 7.44. The molecule has 0 saturated carbocycles. The predicted octanol–water partition coefficient (Wildman–Crippen LogP) is 1.50. The van der Waals surface area contributed by atoms with Gasteiger partial charge in [-0.2, -0.15) is 0 Å². The lowest BCUT2D eigenvalue weighted by Crippen LogP contribution is -2.37. The number of hydrogen-bond acceptors (Lipinski definition) is 4. The second kappa shape index (κ2) is 7.88. The minimum Gasteiger partial charge on any atom is -0.493 e. The van der Waals surface area contributed by atoms with Gasteiger partial charge in [0.25, 0.3) is 0 Å². The molecule has 1 unspecified atom stereocenters. The highest BCUT2D eigenvalue weighted by Crippen LogP contribution is 2.27. The number of nitrogens with one attached hydrogen (secondary N) is 2. The largest absolute Gasteiger partial charge is 0.493 e. The van der Waals surface area contributed by atoms with E-state index in [1.54, 1.807) is 14.2 Å². The number of benzene rings is 1. The molecule has 116 valence electrons. The van der Waals surface area contributed by atoms with Gasteiger partial charge in [0, 0.05) is 19.0 Å². The number of aryl methyl sites for hydroxylation is 1. The van der Waals surface area contributed by atoms with E-state index in [4.69, 9.17) is 9.47 Å². The molecule has 0 aliphatic carbocycles. The van der Waals surface area contributed by atoms with Crippen LogP contribution in [0.3, 0.4) is 0 Å². The van der Waals surface area contributed by atoms with Crippen molar-refractivity contribution in [3.8, 4) is 11.5 Å². The zero-order valence-electron chi connectivity index (χ0n) is 12.8. The van der Waals surface area contributed by atoms with Crippen LogP contribution in [0.5, 0.6) is 11.5 Å². The summed E-state index contributed by atoms with van der Waals surface area (Å²) in [5.74, 6) is 1.50. The fourth-order valence-electron chi connectivity index (χ4n) is 2.55. The Morgan fingerprint density at radius 2 is 2.14 bits per heavy atom. The zero-order chi connectivity index (χ0) is 15.1. The molecule has 1 amide bonds. The summed E-state index contributed by atoms with van der Waals surface area (Å²) in [4.78, 5) is 11.9. The highest BCUT2D eigenvalue weighted by atomic mass is 16.5. The first-order valence-corrected chi connectivity index (χ1v) is 7.44. The number of amides is 1. The van der Waals surface area contributed by atoms with Crippen LogP contribution in [-0.4, -0.2) is 39.3 Å². The summed E-state index contributed by atoms with van der Waals surface area (Å²) in [7, 11) is 3.23. The lowest BCUT2D eigenvalue weighted by Gasteiger charge is -2.12. The molecule has 2 rings (SSSR count). The van der Waals surface area contributed by atoms with Gasteiger partial charge >= 0.3 is 0 Å². The smallest absolute Gasteiger partial charge is 0.220 e. The van der Waals surface area contributed by atoms with Gasteiger partial charge in [-0.1, -0.05) is 6.07 Å². The molecule has 0 aromatic heterocycles. The van der Waals surface area contributed by atoms with Gasteiger partial charge in [-0.25, -0.2) is 0 Å². The third-order valence-electron chi connectivity index (χ3n) is 3.80. The quantitative estimate of drug-likeness (QED) is 0.799. The molecule has 1 atom stereocenters. The van der Waals surface area contributed by atoms with Gasteiger partial charge in [0.05, 0.1) is 14.2 Å². The van der Waals surface area contributed by atoms with Crippen molar-refractivity contribution in [1.29, 1.82) is 0 Å². The van der Waals surface area contributed by atoms with E-state index in [0.29, 0.717) is 30.4 Å². The molecule has 1 heterocycles. The van der Waals surface area contributed by atoms with E-state index in [1.807, 2.05) is 18.2 Å². The summed E-state index contributed by atoms with van der Waals surface area (Å²) in [5, 5.41) is 6.36. The Balaban J connectivity index is 1.77. The van der Waals surface area contributed by atoms with Gasteiger partial charge in [0.15, 0.2) is 11.5 Å². The summed E-state index contributed by atoms with van der Waals surface area (Å²) in [5.41, 5.74) is 1.07. The molecule has 1 aromatic rings. The van der Waals surface area contributed by atoms with Crippen LogP contribution in [0.15, 0.2) is 18.2 Å². The normalized spacial score (nSPS) is 17.5. The number of methoxy groups -OCH3 is 2. The van der Waals surface area contributed by atoms with Gasteiger partial charge in [0.1, 0.15) is 0 Å². The molecule has 0 bridgehead atoms. The first kappa shape index (κ1) is 15.6. The van der Waals surface area contributed by atoms with Crippen LogP contribution in [0.2, 0.25) is 0 Å². The van der Waals surface area contributed by atoms with Crippen molar-refractivity contribution < 1.29 is 14.3 Å². The molecule has 1 aliphatic rings. The summed E-state index contributed by atoms with van der Waals surface area (Å²) in [6.45, 7) is 1.79. The molecule has 21 heavy (non-hydrogen) atoms. The Hall–Kier alpha value is -1.75. The maximum absolute atomic E-state index is 11.9. The molecular weight excluding hydrogens is 268 g/mol. The molecule has 1 fully saturated rings. The Labute approximate surface area is 126 Å². The summed E-state index contributed by atoms with van der Waals surface area (Å²) < 4.78 is 10.5. The molecule has 5 nitrogen and oxygen atoms in total. The second-order valence-corrected chi connectivity index (χ2v) is 5.29. The first-order chi connectivity index (χ1) is 10.2. The van der Waals surface area contributed by atoms with Crippen molar-refractivity contribution in [3.63, 3.8) is 0 Å². The summed E-state index contributed by atoms with van der Waals surface area (Å²) in [6, 6.07) is 6.20. The summed E-state index contributed by atoms with van der Waals surface area (Å²) in [6.07, 6.45) is 3.54. The standard InChI is InChI=1S/C16H24N2O3/c1-20-14-7-5-12(10-15(14)21-2)6-8-16(19)18-11-13-4-3-9-17-13/h5,7,10,13,17H,3-4,6,8-9,11H2,1-2H3,(H,18,19). The van der Waals surface area contributed by atoms with E-state index in [0.717, 1.165) is 25.1 Å². The highest BCUT2D eigenvalue weighted by Gasteiger charge is 2.14. The third kappa shape index (κ3) is 4.63. The van der Waals surface area contributed by atoms with Crippen molar-refractivity contribution in [1.82, 2.24) is 10.6 Å². The maximum atomic E-state index is 11.9. The Morgan fingerprint density at radius 3 is 2.81 bits per heavy atom. The molecule has 2 N–H and O–H groups in total. The van der Waals surface area contributed by atoms with Crippen molar-refractivity contribution in [2.45, 2.75) is 31.7 Å². The van der Waals surface area contributed by atoms with Crippen LogP contribution in [0.1, 0.15) is 24.8 Å². The lowest BCUT2D eigenvalue weighted by molar-refractivity contribution is -0.121. The zero-order valence-corrected chi connectivity index (χ0v) is 12.8. The number of rotatable bonds is 7. The van der Waals surface area contributed by atoms with Gasteiger partial charge in [0.2, 0.25) is 5.91 Å². The van der Waals surface area contributed by atoms with Gasteiger partial charge in [-0.05, 0) is 43.5 Å². The van der Waals surface area contributed by atoms with E-state index in [2.05, 4.69) is 10.6 Å². The fourth-order valence-corrected chi connectivity index (χ4v) is 2.55. The molecular formula is C16H24N2O3. The van der Waals surface area contributed by atoms with Crippen molar-refractivity contribution in [2.24, 2.45) is 0 Å². The van der Waals surface area contributed by atoms with Crippen LogP contribution in [0, 0.1) is 0 Å². The van der Waals surface area contributed by atoms with Gasteiger partial charge in [-0.15, -0.1) is 0 Å².